The van der Waals surface area contributed by atoms with Gasteiger partial charge in [0.2, 0.25) is 0 Å². The van der Waals surface area contributed by atoms with Crippen LogP contribution in [-0.2, 0) is 11.3 Å². The molecule has 0 radical (unpaired) electrons. The van der Waals surface area contributed by atoms with Crippen LogP contribution >= 0.6 is 0 Å². The maximum Gasteiger partial charge on any atom is 0.194 e. The Bertz CT molecular complexity index is 544. The van der Waals surface area contributed by atoms with E-state index in [9.17, 15) is 13.2 Å². The van der Waals surface area contributed by atoms with Crippen molar-refractivity contribution in [1.82, 2.24) is 0 Å². The standard InChI is InChI=1S/C20H27F3O/c1-13-2-4-14(5-3-13)15-6-9-17(10-7-15)24-12-16-8-11-18(21)20(23)19(16)22/h8,11,13-15,17H,2-7,9-10,12H2,1H3. The van der Waals surface area contributed by atoms with E-state index in [1.54, 1.807) is 0 Å². The molecule has 0 aliphatic heterocycles. The van der Waals surface area contributed by atoms with E-state index in [1.807, 2.05) is 0 Å². The van der Waals surface area contributed by atoms with Crippen molar-refractivity contribution in [3.8, 4) is 0 Å². The minimum absolute atomic E-state index is 0.0132. The molecule has 0 atom stereocenters. The molecule has 0 unspecified atom stereocenters. The summed E-state index contributed by atoms with van der Waals surface area (Å²) >= 11 is 0. The molecule has 0 bridgehead atoms. The third-order valence-electron chi connectivity index (χ3n) is 6.04. The van der Waals surface area contributed by atoms with E-state index in [-0.39, 0.29) is 18.3 Å². The Kier molecular flexibility index (Phi) is 5.85. The van der Waals surface area contributed by atoms with Gasteiger partial charge < -0.3 is 4.74 Å². The number of rotatable bonds is 4. The maximum absolute atomic E-state index is 13.7. The van der Waals surface area contributed by atoms with Crippen molar-refractivity contribution in [2.75, 3.05) is 0 Å². The SMILES string of the molecule is CC1CCC(C2CCC(OCc3ccc(F)c(F)c3F)CC2)CC1. The van der Waals surface area contributed by atoms with Crippen LogP contribution in [0.3, 0.4) is 0 Å². The minimum Gasteiger partial charge on any atom is -0.373 e. The van der Waals surface area contributed by atoms with Crippen molar-refractivity contribution < 1.29 is 17.9 Å². The fourth-order valence-electron chi connectivity index (χ4n) is 4.37. The molecule has 0 N–H and O–H groups in total. The molecule has 1 aromatic rings. The van der Waals surface area contributed by atoms with Crippen LogP contribution in [0.5, 0.6) is 0 Å². The van der Waals surface area contributed by atoms with Gasteiger partial charge in [0.1, 0.15) is 0 Å². The highest BCUT2D eigenvalue weighted by atomic mass is 19.2. The zero-order chi connectivity index (χ0) is 17.1. The quantitative estimate of drug-likeness (QED) is 0.610. The van der Waals surface area contributed by atoms with Crippen molar-refractivity contribution >= 4 is 0 Å². The predicted molar refractivity (Wildman–Crippen MR) is 88.0 cm³/mol. The number of halogens is 3. The van der Waals surface area contributed by atoms with Gasteiger partial charge in [0.15, 0.2) is 17.5 Å². The Labute approximate surface area is 142 Å². The molecule has 2 fully saturated rings. The molecule has 0 spiro atoms. The molecule has 0 saturated heterocycles. The summed E-state index contributed by atoms with van der Waals surface area (Å²) in [5.41, 5.74) is 0.0947. The Hall–Kier alpha value is -1.03. The van der Waals surface area contributed by atoms with E-state index in [1.165, 1.54) is 44.6 Å². The summed E-state index contributed by atoms with van der Waals surface area (Å²) in [6.45, 7) is 2.36. The van der Waals surface area contributed by atoms with Crippen LogP contribution in [0.2, 0.25) is 0 Å². The van der Waals surface area contributed by atoms with E-state index >= 15 is 0 Å². The lowest BCUT2D eigenvalue weighted by Crippen LogP contribution is -2.28. The molecule has 0 amide bonds. The van der Waals surface area contributed by atoms with Crippen LogP contribution in [0.4, 0.5) is 13.2 Å². The highest BCUT2D eigenvalue weighted by Gasteiger charge is 2.30. The van der Waals surface area contributed by atoms with Crippen LogP contribution in [0, 0.1) is 35.2 Å². The van der Waals surface area contributed by atoms with E-state index in [0.717, 1.165) is 36.7 Å². The molecule has 3 rings (SSSR count). The molecule has 2 saturated carbocycles. The van der Waals surface area contributed by atoms with Gasteiger partial charge in [0.25, 0.3) is 0 Å². The lowest BCUT2D eigenvalue weighted by molar-refractivity contribution is -0.00377. The Morgan fingerprint density at radius 3 is 2.04 bits per heavy atom. The zero-order valence-corrected chi connectivity index (χ0v) is 14.4. The molecule has 0 heterocycles. The van der Waals surface area contributed by atoms with Crippen molar-refractivity contribution in [3.05, 3.63) is 35.1 Å². The topological polar surface area (TPSA) is 9.23 Å². The smallest absolute Gasteiger partial charge is 0.194 e. The molecular weight excluding hydrogens is 313 g/mol. The van der Waals surface area contributed by atoms with Gasteiger partial charge >= 0.3 is 0 Å². The average Bonchev–Trinajstić information content (AvgIpc) is 2.60. The second-order valence-electron chi connectivity index (χ2n) is 7.70. The van der Waals surface area contributed by atoms with E-state index < -0.39 is 17.5 Å². The van der Waals surface area contributed by atoms with Crippen LogP contribution in [-0.4, -0.2) is 6.10 Å². The summed E-state index contributed by atoms with van der Waals surface area (Å²) in [4.78, 5) is 0. The summed E-state index contributed by atoms with van der Waals surface area (Å²) in [6, 6.07) is 2.22. The third kappa shape index (κ3) is 4.14. The van der Waals surface area contributed by atoms with Crippen LogP contribution in [0.1, 0.15) is 63.9 Å². The fourth-order valence-corrected chi connectivity index (χ4v) is 4.37. The predicted octanol–water partition coefficient (Wildman–Crippen LogP) is 6.01. The molecular formula is C20H27F3O. The van der Waals surface area contributed by atoms with E-state index in [2.05, 4.69) is 6.92 Å². The second kappa shape index (κ2) is 7.90. The molecule has 0 aromatic heterocycles. The van der Waals surface area contributed by atoms with Gasteiger partial charge in [-0.25, -0.2) is 13.2 Å². The van der Waals surface area contributed by atoms with Gasteiger partial charge in [-0.2, -0.15) is 0 Å². The van der Waals surface area contributed by atoms with Crippen molar-refractivity contribution in [1.29, 1.82) is 0 Å². The summed E-state index contributed by atoms with van der Waals surface area (Å²) in [5.74, 6) is -1.14. The molecule has 1 nitrogen and oxygen atoms in total. The molecule has 4 heteroatoms. The number of hydrogen-bond donors (Lipinski definition) is 0. The average molecular weight is 340 g/mol. The Morgan fingerprint density at radius 2 is 1.42 bits per heavy atom. The largest absolute Gasteiger partial charge is 0.373 e. The first-order chi connectivity index (χ1) is 11.5. The maximum atomic E-state index is 13.7. The molecule has 2 aliphatic rings. The van der Waals surface area contributed by atoms with Crippen molar-refractivity contribution in [2.24, 2.45) is 17.8 Å². The second-order valence-corrected chi connectivity index (χ2v) is 7.70. The lowest BCUT2D eigenvalue weighted by Gasteiger charge is -2.37. The normalized spacial score (nSPS) is 31.2. The highest BCUT2D eigenvalue weighted by Crippen LogP contribution is 2.40. The van der Waals surface area contributed by atoms with Gasteiger partial charge in [-0.05, 0) is 62.3 Å². The number of ether oxygens (including phenoxy) is 1. The van der Waals surface area contributed by atoms with Crippen molar-refractivity contribution in [2.45, 2.75) is 71.0 Å². The van der Waals surface area contributed by atoms with E-state index in [4.69, 9.17) is 4.74 Å². The van der Waals surface area contributed by atoms with Crippen LogP contribution < -0.4 is 0 Å². The summed E-state index contributed by atoms with van der Waals surface area (Å²) in [6.07, 6.45) is 9.86. The summed E-state index contributed by atoms with van der Waals surface area (Å²) in [5, 5.41) is 0. The summed E-state index contributed by atoms with van der Waals surface area (Å²) in [7, 11) is 0. The fraction of sp³-hybridized carbons (Fsp3) is 0.700. The van der Waals surface area contributed by atoms with Gasteiger partial charge in [-0.15, -0.1) is 0 Å². The summed E-state index contributed by atoms with van der Waals surface area (Å²) < 4.78 is 45.6. The molecule has 134 valence electrons. The lowest BCUT2D eigenvalue weighted by atomic mass is 9.71. The molecule has 24 heavy (non-hydrogen) atoms. The first-order valence-electron chi connectivity index (χ1n) is 9.28. The van der Waals surface area contributed by atoms with Crippen LogP contribution in [0.15, 0.2) is 12.1 Å². The van der Waals surface area contributed by atoms with E-state index in [0.29, 0.717) is 0 Å². The van der Waals surface area contributed by atoms with Gasteiger partial charge in [0.05, 0.1) is 12.7 Å². The van der Waals surface area contributed by atoms with Gasteiger partial charge in [0, 0.05) is 5.56 Å². The Balaban J connectivity index is 1.45. The monoisotopic (exact) mass is 340 g/mol. The first kappa shape index (κ1) is 17.8. The van der Waals surface area contributed by atoms with Crippen LogP contribution in [0.25, 0.3) is 0 Å². The van der Waals surface area contributed by atoms with Gasteiger partial charge in [-0.1, -0.05) is 25.8 Å². The number of benzene rings is 1. The Morgan fingerprint density at radius 1 is 0.833 bits per heavy atom. The first-order valence-corrected chi connectivity index (χ1v) is 9.28. The minimum atomic E-state index is -1.41. The third-order valence-corrected chi connectivity index (χ3v) is 6.04. The van der Waals surface area contributed by atoms with Gasteiger partial charge in [-0.3, -0.25) is 0 Å². The number of hydrogen-bond acceptors (Lipinski definition) is 1. The molecule has 2 aliphatic carbocycles. The highest BCUT2D eigenvalue weighted by molar-refractivity contribution is 5.19. The zero-order valence-electron chi connectivity index (χ0n) is 14.4. The van der Waals surface area contributed by atoms with Crippen molar-refractivity contribution in [3.63, 3.8) is 0 Å². The molecule has 1 aromatic carbocycles.